The Labute approximate surface area is 581 Å². The molecule has 0 heterocycles. The summed E-state index contributed by atoms with van der Waals surface area (Å²) in [6.07, 6.45) is 52.6. The van der Waals surface area contributed by atoms with Crippen molar-refractivity contribution in [3.05, 3.63) is 0 Å². The van der Waals surface area contributed by atoms with Crippen LogP contribution in [0.4, 0.5) is 0 Å². The molecular formula is C76H148O17P2. The van der Waals surface area contributed by atoms with Crippen LogP contribution >= 0.6 is 15.6 Å². The van der Waals surface area contributed by atoms with Gasteiger partial charge in [-0.15, -0.1) is 0 Å². The molecule has 0 aliphatic carbocycles. The van der Waals surface area contributed by atoms with Crippen LogP contribution in [0.15, 0.2) is 0 Å². The summed E-state index contributed by atoms with van der Waals surface area (Å²) in [6.45, 7) is 11.9. The monoisotopic (exact) mass is 1400 g/mol. The number of aliphatic hydroxyl groups is 1. The lowest BCUT2D eigenvalue weighted by molar-refractivity contribution is -0.161. The molecule has 0 amide bonds. The standard InChI is InChI=1S/C76H148O17P2/c1-8-11-12-13-14-15-16-17-21-24-31-36-45-52-59-76(81)93-72(64-87-74(79)58-51-44-39-38-42-49-56-69(7)10-3)66-91-95(84,85)89-62-70(77)61-88-94(82,83)90-65-71(63-86-73(78)57-50-43-35-30-27-26-29-34-41-48-55-68(6)9-2)92-75(80)60-53-46-37-32-25-22-19-18-20-23-28-33-40-47-54-67(4)5/h67-72,77H,8-66H2,1-7H3,(H,82,83)(H,84,85)/t68?,69?,70-,71-,72-/m1/s1. The molecule has 0 saturated heterocycles. The Morgan fingerprint density at radius 3 is 0.800 bits per heavy atom. The smallest absolute Gasteiger partial charge is 0.462 e. The van der Waals surface area contributed by atoms with Crippen molar-refractivity contribution in [2.45, 2.75) is 407 Å². The van der Waals surface area contributed by atoms with Gasteiger partial charge in [0.05, 0.1) is 26.4 Å². The summed E-state index contributed by atoms with van der Waals surface area (Å²) >= 11 is 0. The van der Waals surface area contributed by atoms with E-state index in [4.69, 9.17) is 37.0 Å². The Morgan fingerprint density at radius 2 is 0.537 bits per heavy atom. The van der Waals surface area contributed by atoms with Gasteiger partial charge in [0.25, 0.3) is 0 Å². The lowest BCUT2D eigenvalue weighted by Gasteiger charge is -2.21. The zero-order valence-electron chi connectivity index (χ0n) is 62.1. The highest BCUT2D eigenvalue weighted by molar-refractivity contribution is 7.47. The van der Waals surface area contributed by atoms with Crippen molar-refractivity contribution in [1.29, 1.82) is 0 Å². The summed E-state index contributed by atoms with van der Waals surface area (Å²) in [7, 11) is -9.91. The van der Waals surface area contributed by atoms with E-state index in [2.05, 4.69) is 48.5 Å². The first kappa shape index (κ1) is 93.1. The van der Waals surface area contributed by atoms with Gasteiger partial charge in [0, 0.05) is 25.7 Å². The summed E-state index contributed by atoms with van der Waals surface area (Å²) in [5.41, 5.74) is 0. The molecule has 564 valence electrons. The molecule has 19 heteroatoms. The van der Waals surface area contributed by atoms with Crippen LogP contribution in [0.25, 0.3) is 0 Å². The number of carbonyl (C=O) groups excluding carboxylic acids is 4. The molecule has 0 bridgehead atoms. The molecule has 0 aliphatic heterocycles. The van der Waals surface area contributed by atoms with Gasteiger partial charge in [-0.25, -0.2) is 9.13 Å². The third kappa shape index (κ3) is 67.6. The number of carbonyl (C=O) groups is 4. The van der Waals surface area contributed by atoms with Crippen LogP contribution in [0.2, 0.25) is 0 Å². The minimum Gasteiger partial charge on any atom is -0.462 e. The van der Waals surface area contributed by atoms with Crippen molar-refractivity contribution in [2.24, 2.45) is 17.8 Å². The van der Waals surface area contributed by atoms with E-state index in [9.17, 15) is 43.2 Å². The van der Waals surface area contributed by atoms with Gasteiger partial charge >= 0.3 is 39.5 Å². The number of phosphoric acid groups is 2. The minimum absolute atomic E-state index is 0.107. The fourth-order valence-electron chi connectivity index (χ4n) is 11.5. The van der Waals surface area contributed by atoms with Crippen LogP contribution in [0.1, 0.15) is 389 Å². The van der Waals surface area contributed by atoms with E-state index in [0.29, 0.717) is 25.7 Å². The van der Waals surface area contributed by atoms with Crippen LogP contribution in [-0.4, -0.2) is 96.7 Å². The van der Waals surface area contributed by atoms with Crippen LogP contribution in [-0.2, 0) is 65.4 Å². The van der Waals surface area contributed by atoms with Crippen molar-refractivity contribution in [2.75, 3.05) is 39.6 Å². The van der Waals surface area contributed by atoms with Crippen molar-refractivity contribution in [3.63, 3.8) is 0 Å². The molecule has 0 aromatic rings. The van der Waals surface area contributed by atoms with Crippen LogP contribution < -0.4 is 0 Å². The highest BCUT2D eigenvalue weighted by Crippen LogP contribution is 2.45. The van der Waals surface area contributed by atoms with Gasteiger partial charge in [-0.3, -0.25) is 37.3 Å². The molecule has 17 nitrogen and oxygen atoms in total. The number of aliphatic hydroxyl groups excluding tert-OH is 1. The maximum atomic E-state index is 13.1. The fourth-order valence-corrected chi connectivity index (χ4v) is 13.1. The van der Waals surface area contributed by atoms with Crippen LogP contribution in [0.3, 0.4) is 0 Å². The molecule has 7 atom stereocenters. The van der Waals surface area contributed by atoms with E-state index < -0.39 is 97.5 Å². The highest BCUT2D eigenvalue weighted by Gasteiger charge is 2.30. The van der Waals surface area contributed by atoms with Crippen molar-refractivity contribution >= 4 is 39.5 Å². The van der Waals surface area contributed by atoms with Gasteiger partial charge in [-0.2, -0.15) is 0 Å². The van der Waals surface area contributed by atoms with Gasteiger partial charge < -0.3 is 33.8 Å². The maximum absolute atomic E-state index is 13.1. The molecule has 95 heavy (non-hydrogen) atoms. The number of ether oxygens (including phenoxy) is 4. The predicted molar refractivity (Wildman–Crippen MR) is 386 cm³/mol. The Kier molecular flexibility index (Phi) is 65.2. The maximum Gasteiger partial charge on any atom is 0.472 e. The average molecular weight is 1400 g/mol. The number of unbranched alkanes of at least 4 members (excludes halogenated alkanes) is 40. The molecule has 0 aromatic heterocycles. The first-order chi connectivity index (χ1) is 45.8. The van der Waals surface area contributed by atoms with Crippen LogP contribution in [0, 0.1) is 17.8 Å². The van der Waals surface area contributed by atoms with E-state index in [1.807, 2.05) is 0 Å². The molecule has 0 spiro atoms. The first-order valence-electron chi connectivity index (χ1n) is 39.4. The first-order valence-corrected chi connectivity index (χ1v) is 42.4. The van der Waals surface area contributed by atoms with E-state index in [1.165, 1.54) is 193 Å². The van der Waals surface area contributed by atoms with Gasteiger partial charge in [0.15, 0.2) is 12.2 Å². The molecule has 0 radical (unpaired) electrons. The van der Waals surface area contributed by atoms with Crippen molar-refractivity contribution < 1.29 is 80.2 Å². The summed E-state index contributed by atoms with van der Waals surface area (Å²) in [6, 6.07) is 0. The highest BCUT2D eigenvalue weighted by atomic mass is 31.2. The lowest BCUT2D eigenvalue weighted by Crippen LogP contribution is -2.30. The quantitative estimate of drug-likeness (QED) is 0.0222. The molecular weight excluding hydrogens is 1250 g/mol. The van der Waals surface area contributed by atoms with Crippen LogP contribution in [0.5, 0.6) is 0 Å². The number of hydrogen-bond donors (Lipinski definition) is 3. The van der Waals surface area contributed by atoms with Gasteiger partial charge in [0.2, 0.25) is 0 Å². The second-order valence-corrected chi connectivity index (χ2v) is 31.3. The SMILES string of the molecule is CCCCCCCCCCCCCCCCC(=O)O[C@H](COC(=O)CCCCCCCCC(C)CC)COP(=O)(O)OC[C@H](O)COP(=O)(O)OC[C@@H](COC(=O)CCCCCCCCCCCCC(C)CC)OC(=O)CCCCCCCCCCCCCCCCC(C)C. The third-order valence-corrected chi connectivity index (χ3v) is 20.3. The Balaban J connectivity index is 5.26. The second kappa shape index (κ2) is 66.6. The molecule has 3 N–H and O–H groups in total. The Hall–Kier alpha value is -1.94. The zero-order chi connectivity index (χ0) is 70.1. The van der Waals surface area contributed by atoms with Crippen molar-refractivity contribution in [1.82, 2.24) is 0 Å². The fraction of sp³-hybridized carbons (Fsp3) is 0.947. The van der Waals surface area contributed by atoms with E-state index in [1.54, 1.807) is 0 Å². The molecule has 4 unspecified atom stereocenters. The number of esters is 4. The molecule has 0 saturated carbocycles. The largest absolute Gasteiger partial charge is 0.472 e. The second-order valence-electron chi connectivity index (χ2n) is 28.4. The number of rotatable bonds is 74. The van der Waals surface area contributed by atoms with E-state index in [-0.39, 0.29) is 25.7 Å². The molecule has 0 aliphatic rings. The number of phosphoric ester groups is 2. The summed E-state index contributed by atoms with van der Waals surface area (Å²) in [5, 5.41) is 10.6. The predicted octanol–water partition coefficient (Wildman–Crippen LogP) is 22.2. The normalized spacial score (nSPS) is 14.6. The Bertz CT molecular complexity index is 1860. The van der Waals surface area contributed by atoms with Gasteiger partial charge in [-0.1, -0.05) is 337 Å². The van der Waals surface area contributed by atoms with Crippen molar-refractivity contribution in [3.8, 4) is 0 Å². The van der Waals surface area contributed by atoms with E-state index >= 15 is 0 Å². The minimum atomic E-state index is -4.96. The molecule has 0 rings (SSSR count). The third-order valence-electron chi connectivity index (χ3n) is 18.4. The molecule has 0 fully saturated rings. The topological polar surface area (TPSA) is 237 Å². The molecule has 0 aromatic carbocycles. The summed E-state index contributed by atoms with van der Waals surface area (Å²) in [5.74, 6) is 0.218. The van der Waals surface area contributed by atoms with Gasteiger partial charge in [-0.05, 0) is 43.4 Å². The van der Waals surface area contributed by atoms with E-state index in [0.717, 1.165) is 114 Å². The Morgan fingerprint density at radius 1 is 0.305 bits per heavy atom. The lowest BCUT2D eigenvalue weighted by atomic mass is 9.99. The zero-order valence-corrected chi connectivity index (χ0v) is 63.9. The van der Waals surface area contributed by atoms with Gasteiger partial charge in [0.1, 0.15) is 19.3 Å². The summed E-state index contributed by atoms with van der Waals surface area (Å²) < 4.78 is 68.5. The average Bonchev–Trinajstić information content (AvgIpc) is 2.86. The number of hydrogen-bond acceptors (Lipinski definition) is 15. The summed E-state index contributed by atoms with van der Waals surface area (Å²) in [4.78, 5) is 72.8.